The van der Waals surface area contributed by atoms with Crippen molar-refractivity contribution >= 4 is 5.82 Å². The lowest BCUT2D eigenvalue weighted by Crippen LogP contribution is -2.15. The second-order valence-corrected chi connectivity index (χ2v) is 4.22. The van der Waals surface area contributed by atoms with Gasteiger partial charge in [0.15, 0.2) is 0 Å². The van der Waals surface area contributed by atoms with Gasteiger partial charge >= 0.3 is 0 Å². The molecule has 0 aliphatic carbocycles. The van der Waals surface area contributed by atoms with Crippen molar-refractivity contribution in [2.45, 2.75) is 33.2 Å². The van der Waals surface area contributed by atoms with Gasteiger partial charge in [0.2, 0.25) is 0 Å². The summed E-state index contributed by atoms with van der Waals surface area (Å²) in [5, 5.41) is 0. The number of hydrogen-bond donors (Lipinski definition) is 2. The summed E-state index contributed by atoms with van der Waals surface area (Å²) < 4.78 is 0. The first-order chi connectivity index (χ1) is 6.50. The van der Waals surface area contributed by atoms with E-state index in [-0.39, 0.29) is 6.04 Å². The first-order valence-electron chi connectivity index (χ1n) is 4.98. The molecule has 78 valence electrons. The van der Waals surface area contributed by atoms with Gasteiger partial charge in [0.1, 0.15) is 5.82 Å². The van der Waals surface area contributed by atoms with Crippen LogP contribution in [0.4, 0.5) is 5.82 Å². The maximum Gasteiger partial charge on any atom is 0.128 e. The molecule has 1 rings (SSSR count). The number of aryl methyl sites for hydroxylation is 1. The van der Waals surface area contributed by atoms with Crippen LogP contribution in [0.2, 0.25) is 0 Å². The second kappa shape index (κ2) is 4.42. The third-order valence-electron chi connectivity index (χ3n) is 2.21. The molecule has 0 spiro atoms. The summed E-state index contributed by atoms with van der Waals surface area (Å²) in [7, 11) is 0. The topological polar surface area (TPSA) is 64.9 Å². The molecule has 1 aromatic heterocycles. The van der Waals surface area contributed by atoms with E-state index >= 15 is 0 Å². The standard InChI is InChI=1S/C11H19N3/c1-7(2)4-10(12)9-5-8(3)6-14-11(9)13/h5-7,10H,4,12H2,1-3H3,(H2,13,14). The first-order valence-corrected chi connectivity index (χ1v) is 4.98. The molecule has 1 aromatic rings. The number of aromatic nitrogens is 1. The highest BCUT2D eigenvalue weighted by Gasteiger charge is 2.12. The Labute approximate surface area is 85.5 Å². The number of pyridine rings is 1. The van der Waals surface area contributed by atoms with E-state index in [0.29, 0.717) is 11.7 Å². The molecule has 0 radical (unpaired) electrons. The fourth-order valence-electron chi connectivity index (χ4n) is 1.53. The predicted molar refractivity (Wildman–Crippen MR) is 59.8 cm³/mol. The van der Waals surface area contributed by atoms with Crippen LogP contribution in [-0.2, 0) is 0 Å². The molecule has 0 aliphatic heterocycles. The van der Waals surface area contributed by atoms with Gasteiger partial charge < -0.3 is 11.5 Å². The lowest BCUT2D eigenvalue weighted by Gasteiger charge is -2.16. The first kappa shape index (κ1) is 11.0. The summed E-state index contributed by atoms with van der Waals surface area (Å²) in [5.74, 6) is 1.13. The van der Waals surface area contributed by atoms with Crippen molar-refractivity contribution in [1.82, 2.24) is 4.98 Å². The van der Waals surface area contributed by atoms with Crippen molar-refractivity contribution in [3.63, 3.8) is 0 Å². The summed E-state index contributed by atoms with van der Waals surface area (Å²) in [4.78, 5) is 4.10. The van der Waals surface area contributed by atoms with E-state index in [2.05, 4.69) is 18.8 Å². The molecule has 0 bridgehead atoms. The van der Waals surface area contributed by atoms with Crippen LogP contribution in [0.3, 0.4) is 0 Å². The highest BCUT2D eigenvalue weighted by Crippen LogP contribution is 2.23. The smallest absolute Gasteiger partial charge is 0.128 e. The summed E-state index contributed by atoms with van der Waals surface area (Å²) >= 11 is 0. The lowest BCUT2D eigenvalue weighted by molar-refractivity contribution is 0.510. The summed E-state index contributed by atoms with van der Waals surface area (Å²) in [5.41, 5.74) is 13.9. The van der Waals surface area contributed by atoms with Gasteiger partial charge in [0.05, 0.1) is 0 Å². The average molecular weight is 193 g/mol. The van der Waals surface area contributed by atoms with Gasteiger partial charge in [0.25, 0.3) is 0 Å². The molecule has 1 atom stereocenters. The van der Waals surface area contributed by atoms with Crippen molar-refractivity contribution in [3.8, 4) is 0 Å². The Bertz CT molecular complexity index is 307. The van der Waals surface area contributed by atoms with Crippen LogP contribution in [0.15, 0.2) is 12.3 Å². The van der Waals surface area contributed by atoms with Crippen LogP contribution in [0, 0.1) is 12.8 Å². The Morgan fingerprint density at radius 1 is 1.43 bits per heavy atom. The van der Waals surface area contributed by atoms with E-state index in [0.717, 1.165) is 17.5 Å². The number of nitrogen functional groups attached to an aromatic ring is 1. The molecular formula is C11H19N3. The summed E-state index contributed by atoms with van der Waals surface area (Å²) in [6, 6.07) is 2.03. The largest absolute Gasteiger partial charge is 0.383 e. The zero-order valence-electron chi connectivity index (χ0n) is 9.12. The SMILES string of the molecule is Cc1cnc(N)c(C(N)CC(C)C)c1. The number of hydrogen-bond acceptors (Lipinski definition) is 3. The Morgan fingerprint density at radius 2 is 2.07 bits per heavy atom. The summed E-state index contributed by atoms with van der Waals surface area (Å²) in [6.45, 7) is 6.30. The third kappa shape index (κ3) is 2.70. The molecule has 0 saturated heterocycles. The van der Waals surface area contributed by atoms with Gasteiger partial charge in [-0.2, -0.15) is 0 Å². The molecule has 0 saturated carbocycles. The predicted octanol–water partition coefficient (Wildman–Crippen LogP) is 2.02. The molecular weight excluding hydrogens is 174 g/mol. The van der Waals surface area contributed by atoms with Crippen LogP contribution >= 0.6 is 0 Å². The number of anilines is 1. The van der Waals surface area contributed by atoms with Crippen LogP contribution in [0.1, 0.15) is 37.4 Å². The molecule has 0 aliphatic rings. The van der Waals surface area contributed by atoms with Crippen molar-refractivity contribution in [2.24, 2.45) is 11.7 Å². The molecule has 14 heavy (non-hydrogen) atoms. The van der Waals surface area contributed by atoms with Crippen LogP contribution < -0.4 is 11.5 Å². The van der Waals surface area contributed by atoms with E-state index < -0.39 is 0 Å². The van der Waals surface area contributed by atoms with E-state index in [1.165, 1.54) is 0 Å². The number of nitrogens with zero attached hydrogens (tertiary/aromatic N) is 1. The minimum atomic E-state index is 0.00222. The van der Waals surface area contributed by atoms with Crippen molar-refractivity contribution in [3.05, 3.63) is 23.4 Å². The molecule has 1 heterocycles. The van der Waals surface area contributed by atoms with Crippen LogP contribution in [0.5, 0.6) is 0 Å². The highest BCUT2D eigenvalue weighted by molar-refractivity contribution is 5.42. The van der Waals surface area contributed by atoms with Crippen LogP contribution in [0.25, 0.3) is 0 Å². The zero-order valence-corrected chi connectivity index (χ0v) is 9.12. The van der Waals surface area contributed by atoms with Crippen molar-refractivity contribution in [1.29, 1.82) is 0 Å². The average Bonchev–Trinajstić information content (AvgIpc) is 2.08. The Balaban J connectivity index is 2.88. The number of rotatable bonds is 3. The van der Waals surface area contributed by atoms with Crippen molar-refractivity contribution < 1.29 is 0 Å². The van der Waals surface area contributed by atoms with Gasteiger partial charge in [-0.1, -0.05) is 13.8 Å². The quantitative estimate of drug-likeness (QED) is 0.771. The van der Waals surface area contributed by atoms with Gasteiger partial charge in [0, 0.05) is 17.8 Å². The maximum atomic E-state index is 6.05. The zero-order chi connectivity index (χ0) is 10.7. The van der Waals surface area contributed by atoms with Gasteiger partial charge in [-0.15, -0.1) is 0 Å². The molecule has 3 heteroatoms. The van der Waals surface area contributed by atoms with E-state index in [9.17, 15) is 0 Å². The van der Waals surface area contributed by atoms with Gasteiger partial charge in [-0.25, -0.2) is 4.98 Å². The lowest BCUT2D eigenvalue weighted by atomic mass is 9.97. The monoisotopic (exact) mass is 193 g/mol. The second-order valence-electron chi connectivity index (χ2n) is 4.22. The van der Waals surface area contributed by atoms with Gasteiger partial charge in [-0.3, -0.25) is 0 Å². The molecule has 3 nitrogen and oxygen atoms in total. The highest BCUT2D eigenvalue weighted by atomic mass is 14.8. The maximum absolute atomic E-state index is 6.05. The Hall–Kier alpha value is -1.09. The van der Waals surface area contributed by atoms with E-state index in [1.807, 2.05) is 13.0 Å². The summed E-state index contributed by atoms with van der Waals surface area (Å²) in [6.07, 6.45) is 2.70. The minimum Gasteiger partial charge on any atom is -0.383 e. The fraction of sp³-hybridized carbons (Fsp3) is 0.545. The fourth-order valence-corrected chi connectivity index (χ4v) is 1.53. The normalized spacial score (nSPS) is 13.2. The molecule has 1 unspecified atom stereocenters. The van der Waals surface area contributed by atoms with Gasteiger partial charge in [-0.05, 0) is 30.9 Å². The third-order valence-corrected chi connectivity index (χ3v) is 2.21. The molecule has 0 fully saturated rings. The van der Waals surface area contributed by atoms with Crippen molar-refractivity contribution in [2.75, 3.05) is 5.73 Å². The molecule has 4 N–H and O–H groups in total. The molecule has 0 aromatic carbocycles. The minimum absolute atomic E-state index is 0.00222. The van der Waals surface area contributed by atoms with E-state index in [4.69, 9.17) is 11.5 Å². The van der Waals surface area contributed by atoms with Crippen LogP contribution in [-0.4, -0.2) is 4.98 Å². The Kier molecular flexibility index (Phi) is 3.47. The molecule has 0 amide bonds. The Morgan fingerprint density at radius 3 is 2.64 bits per heavy atom. The van der Waals surface area contributed by atoms with E-state index in [1.54, 1.807) is 6.20 Å². The number of nitrogens with two attached hydrogens (primary N) is 2.